The molecule has 1 aromatic heterocycles. The second kappa shape index (κ2) is 5.79. The number of nitrogens with zero attached hydrogens (tertiary/aromatic N) is 3. The molecule has 0 bridgehead atoms. The number of fused-ring (bicyclic) bond motifs is 1. The summed E-state index contributed by atoms with van der Waals surface area (Å²) in [5, 5.41) is 2.99. The molecule has 2 aromatic rings. The van der Waals surface area contributed by atoms with Crippen molar-refractivity contribution in [2.45, 2.75) is 51.6 Å². The molecule has 2 atom stereocenters. The van der Waals surface area contributed by atoms with Crippen LogP contribution in [0.1, 0.15) is 44.0 Å². The fourth-order valence-corrected chi connectivity index (χ4v) is 4.06. The standard InChI is InChI=1S/C19H22N4O2/c1-12-7-5-6-10-19(12)17(24)23(18(25)22-19)11-16-13(2)20-14-8-3-4-9-15(14)21-16/h3-4,8-9,12H,5-7,10-11H2,1-2H3,(H,22,25)/t12-,19-/m0/s1. The van der Waals surface area contributed by atoms with E-state index in [1.54, 1.807) is 0 Å². The van der Waals surface area contributed by atoms with Gasteiger partial charge in [0.1, 0.15) is 5.54 Å². The highest BCUT2D eigenvalue weighted by Crippen LogP contribution is 2.38. The molecule has 2 fully saturated rings. The molecule has 6 nitrogen and oxygen atoms in total. The van der Waals surface area contributed by atoms with E-state index >= 15 is 0 Å². The maximum Gasteiger partial charge on any atom is 0.325 e. The normalized spacial score (nSPS) is 26.5. The van der Waals surface area contributed by atoms with Crippen LogP contribution in [0.5, 0.6) is 0 Å². The lowest BCUT2D eigenvalue weighted by atomic mass is 9.73. The van der Waals surface area contributed by atoms with E-state index in [1.807, 2.05) is 31.2 Å². The van der Waals surface area contributed by atoms with E-state index in [-0.39, 0.29) is 24.4 Å². The second-order valence-electron chi connectivity index (χ2n) is 7.18. The monoisotopic (exact) mass is 338 g/mol. The van der Waals surface area contributed by atoms with Crippen molar-refractivity contribution in [2.75, 3.05) is 0 Å². The Kier molecular flexibility index (Phi) is 3.71. The fourth-order valence-electron chi connectivity index (χ4n) is 4.06. The maximum atomic E-state index is 13.1. The number of para-hydroxylation sites is 2. The van der Waals surface area contributed by atoms with Gasteiger partial charge in [-0.05, 0) is 37.8 Å². The molecular formula is C19H22N4O2. The third-order valence-corrected chi connectivity index (χ3v) is 5.65. The minimum atomic E-state index is -0.729. The van der Waals surface area contributed by atoms with Gasteiger partial charge in [0, 0.05) is 0 Å². The van der Waals surface area contributed by atoms with Crippen LogP contribution in [-0.2, 0) is 11.3 Å². The minimum Gasteiger partial charge on any atom is -0.323 e. The fraction of sp³-hybridized carbons (Fsp3) is 0.474. The van der Waals surface area contributed by atoms with Gasteiger partial charge in [-0.2, -0.15) is 0 Å². The molecular weight excluding hydrogens is 316 g/mol. The van der Waals surface area contributed by atoms with E-state index < -0.39 is 5.54 Å². The third kappa shape index (κ3) is 2.47. The summed E-state index contributed by atoms with van der Waals surface area (Å²) in [6, 6.07) is 7.31. The highest BCUT2D eigenvalue weighted by Gasteiger charge is 2.54. The summed E-state index contributed by atoms with van der Waals surface area (Å²) in [6.45, 7) is 4.09. The predicted octanol–water partition coefficient (Wildman–Crippen LogP) is 2.94. The van der Waals surface area contributed by atoms with Gasteiger partial charge in [-0.1, -0.05) is 31.9 Å². The minimum absolute atomic E-state index is 0.112. The summed E-state index contributed by atoms with van der Waals surface area (Å²) in [7, 11) is 0. The summed E-state index contributed by atoms with van der Waals surface area (Å²) < 4.78 is 0. The summed E-state index contributed by atoms with van der Waals surface area (Å²) >= 11 is 0. The number of imide groups is 1. The molecule has 1 aromatic carbocycles. The molecule has 130 valence electrons. The first kappa shape index (κ1) is 16.0. The Morgan fingerprint density at radius 3 is 2.64 bits per heavy atom. The van der Waals surface area contributed by atoms with Crippen molar-refractivity contribution in [1.29, 1.82) is 0 Å². The summed E-state index contributed by atoms with van der Waals surface area (Å²) in [4.78, 5) is 36.1. The molecule has 2 heterocycles. The molecule has 25 heavy (non-hydrogen) atoms. The zero-order valence-corrected chi connectivity index (χ0v) is 14.6. The van der Waals surface area contributed by atoms with Gasteiger partial charge >= 0.3 is 6.03 Å². The van der Waals surface area contributed by atoms with Gasteiger partial charge in [0.25, 0.3) is 5.91 Å². The molecule has 0 radical (unpaired) electrons. The third-order valence-electron chi connectivity index (χ3n) is 5.65. The second-order valence-corrected chi connectivity index (χ2v) is 7.18. The van der Waals surface area contributed by atoms with Crippen LogP contribution in [0, 0.1) is 12.8 Å². The summed E-state index contributed by atoms with van der Waals surface area (Å²) in [6.07, 6.45) is 3.77. The van der Waals surface area contributed by atoms with Crippen molar-refractivity contribution < 1.29 is 9.59 Å². The lowest BCUT2D eigenvalue weighted by Crippen LogP contribution is -2.53. The zero-order valence-electron chi connectivity index (χ0n) is 14.6. The van der Waals surface area contributed by atoms with E-state index in [0.29, 0.717) is 5.69 Å². The molecule has 1 N–H and O–H groups in total. The topological polar surface area (TPSA) is 75.2 Å². The molecule has 1 saturated heterocycles. The Bertz CT molecular complexity index is 866. The Morgan fingerprint density at radius 1 is 1.20 bits per heavy atom. The van der Waals surface area contributed by atoms with Crippen molar-refractivity contribution >= 4 is 23.0 Å². The molecule has 1 aliphatic heterocycles. The molecule has 2 aliphatic rings. The van der Waals surface area contributed by atoms with Crippen molar-refractivity contribution in [3.8, 4) is 0 Å². The lowest BCUT2D eigenvalue weighted by molar-refractivity contribution is -0.134. The molecule has 1 saturated carbocycles. The predicted molar refractivity (Wildman–Crippen MR) is 93.7 cm³/mol. The maximum absolute atomic E-state index is 13.1. The van der Waals surface area contributed by atoms with Crippen LogP contribution in [0.2, 0.25) is 0 Å². The van der Waals surface area contributed by atoms with Crippen molar-refractivity contribution in [3.63, 3.8) is 0 Å². The first-order chi connectivity index (χ1) is 12.0. The first-order valence-electron chi connectivity index (χ1n) is 8.87. The van der Waals surface area contributed by atoms with E-state index in [0.717, 1.165) is 42.4 Å². The van der Waals surface area contributed by atoms with Gasteiger partial charge in [-0.25, -0.2) is 14.8 Å². The van der Waals surface area contributed by atoms with Gasteiger partial charge in [-0.3, -0.25) is 9.69 Å². The SMILES string of the molecule is Cc1nc2ccccc2nc1CN1C(=O)N[C@]2(CCCC[C@@H]2C)C1=O. The van der Waals surface area contributed by atoms with Gasteiger partial charge in [0.2, 0.25) is 0 Å². The Labute approximate surface area is 146 Å². The average Bonchev–Trinajstić information content (AvgIpc) is 2.83. The Morgan fingerprint density at radius 2 is 1.92 bits per heavy atom. The number of aromatic nitrogens is 2. The number of amides is 3. The zero-order chi connectivity index (χ0) is 17.6. The number of rotatable bonds is 2. The van der Waals surface area contributed by atoms with Crippen LogP contribution in [0.25, 0.3) is 11.0 Å². The number of urea groups is 1. The van der Waals surface area contributed by atoms with Crippen LogP contribution in [0.4, 0.5) is 4.79 Å². The Balaban J connectivity index is 1.66. The van der Waals surface area contributed by atoms with Crippen LogP contribution in [0.3, 0.4) is 0 Å². The molecule has 4 rings (SSSR count). The Hall–Kier alpha value is -2.50. The molecule has 1 aliphatic carbocycles. The number of aryl methyl sites for hydroxylation is 1. The van der Waals surface area contributed by atoms with E-state index in [9.17, 15) is 9.59 Å². The van der Waals surface area contributed by atoms with Crippen LogP contribution < -0.4 is 5.32 Å². The number of hydrogen-bond donors (Lipinski definition) is 1. The largest absolute Gasteiger partial charge is 0.325 e. The van der Waals surface area contributed by atoms with Crippen LogP contribution >= 0.6 is 0 Å². The smallest absolute Gasteiger partial charge is 0.323 e. The number of hydrogen-bond acceptors (Lipinski definition) is 4. The summed E-state index contributed by atoms with van der Waals surface area (Å²) in [5.74, 6) is 0.0468. The van der Waals surface area contributed by atoms with E-state index in [4.69, 9.17) is 0 Å². The van der Waals surface area contributed by atoms with E-state index in [2.05, 4.69) is 22.2 Å². The van der Waals surface area contributed by atoms with Crippen molar-refractivity contribution in [1.82, 2.24) is 20.2 Å². The van der Waals surface area contributed by atoms with Crippen LogP contribution in [0.15, 0.2) is 24.3 Å². The molecule has 6 heteroatoms. The highest BCUT2D eigenvalue weighted by molar-refractivity contribution is 6.07. The van der Waals surface area contributed by atoms with Crippen LogP contribution in [-0.4, -0.2) is 32.3 Å². The summed E-state index contributed by atoms with van der Waals surface area (Å²) in [5.41, 5.74) is 2.28. The van der Waals surface area contributed by atoms with Gasteiger partial charge in [0.15, 0.2) is 0 Å². The molecule has 3 amide bonds. The quantitative estimate of drug-likeness (QED) is 0.854. The first-order valence-corrected chi connectivity index (χ1v) is 8.87. The average molecular weight is 338 g/mol. The van der Waals surface area contributed by atoms with Gasteiger partial charge in [-0.15, -0.1) is 0 Å². The highest BCUT2D eigenvalue weighted by atomic mass is 16.2. The van der Waals surface area contributed by atoms with Crippen molar-refractivity contribution in [2.24, 2.45) is 5.92 Å². The number of benzene rings is 1. The number of carbonyl (C=O) groups is 2. The molecule has 1 spiro atoms. The molecule has 0 unspecified atom stereocenters. The van der Waals surface area contributed by atoms with Crippen molar-refractivity contribution in [3.05, 3.63) is 35.7 Å². The number of carbonyl (C=O) groups excluding carboxylic acids is 2. The van der Waals surface area contributed by atoms with Gasteiger partial charge < -0.3 is 5.32 Å². The number of nitrogens with one attached hydrogen (secondary N) is 1. The van der Waals surface area contributed by atoms with E-state index in [1.165, 1.54) is 4.90 Å². The lowest BCUT2D eigenvalue weighted by Gasteiger charge is -2.36. The van der Waals surface area contributed by atoms with Gasteiger partial charge in [0.05, 0.1) is 29.0 Å².